The van der Waals surface area contributed by atoms with Crippen molar-refractivity contribution in [1.29, 1.82) is 0 Å². The molecule has 8 heteroatoms. The zero-order valence-electron chi connectivity index (χ0n) is 13.0. The fourth-order valence-electron chi connectivity index (χ4n) is 2.90. The zero-order chi connectivity index (χ0) is 18.0. The number of rotatable bonds is 3. The molecule has 0 aliphatic carbocycles. The van der Waals surface area contributed by atoms with Gasteiger partial charge >= 0.3 is 0 Å². The van der Waals surface area contributed by atoms with Crippen LogP contribution in [0.1, 0.15) is 17.2 Å². The van der Waals surface area contributed by atoms with Crippen molar-refractivity contribution in [2.45, 2.75) is 6.04 Å². The summed E-state index contributed by atoms with van der Waals surface area (Å²) in [5.41, 5.74) is 1.25. The molecule has 2 aromatic rings. The van der Waals surface area contributed by atoms with Crippen LogP contribution in [0.25, 0.3) is 0 Å². The van der Waals surface area contributed by atoms with Crippen LogP contribution < -0.4 is 4.74 Å². The molecule has 3 rings (SSSR count). The normalized spacial score (nSPS) is 16.6. The van der Waals surface area contributed by atoms with Gasteiger partial charge in [0.25, 0.3) is 5.69 Å². The van der Waals surface area contributed by atoms with Crippen molar-refractivity contribution >= 4 is 34.8 Å². The smallest absolute Gasteiger partial charge is 0.270 e. The minimum atomic E-state index is -0.541. The summed E-state index contributed by atoms with van der Waals surface area (Å²) in [4.78, 5) is 24.7. The van der Waals surface area contributed by atoms with Gasteiger partial charge in [-0.05, 0) is 23.8 Å². The fraction of sp³-hybridized carbons (Fsp3) is 0.235. The molecule has 6 nitrogen and oxygen atoms in total. The van der Waals surface area contributed by atoms with Crippen molar-refractivity contribution in [2.24, 2.45) is 0 Å². The summed E-state index contributed by atoms with van der Waals surface area (Å²) in [7, 11) is 0. The largest absolute Gasteiger partial charge is 0.491 e. The lowest BCUT2D eigenvalue weighted by Gasteiger charge is -2.30. The molecule has 0 aromatic heterocycles. The predicted octanol–water partition coefficient (Wildman–Crippen LogP) is 3.80. The van der Waals surface area contributed by atoms with E-state index in [0.29, 0.717) is 22.9 Å². The molecule has 1 unspecified atom stereocenters. The first-order valence-electron chi connectivity index (χ1n) is 7.53. The van der Waals surface area contributed by atoms with Crippen molar-refractivity contribution in [3.05, 3.63) is 68.7 Å². The van der Waals surface area contributed by atoms with E-state index in [4.69, 9.17) is 27.9 Å². The predicted molar refractivity (Wildman–Crippen MR) is 94.3 cm³/mol. The van der Waals surface area contributed by atoms with Crippen LogP contribution in [0.4, 0.5) is 5.69 Å². The van der Waals surface area contributed by atoms with Gasteiger partial charge in [-0.25, -0.2) is 0 Å². The van der Waals surface area contributed by atoms with Gasteiger partial charge in [-0.15, -0.1) is 11.6 Å². The molecule has 0 fully saturated rings. The molecular weight excluding hydrogens is 367 g/mol. The number of alkyl halides is 1. The quantitative estimate of drug-likeness (QED) is 0.461. The molecule has 0 radical (unpaired) electrons. The molecule has 25 heavy (non-hydrogen) atoms. The average Bonchev–Trinajstić information content (AvgIpc) is 2.80. The van der Waals surface area contributed by atoms with E-state index < -0.39 is 11.0 Å². The Kier molecular flexibility index (Phi) is 5.11. The third-order valence-corrected chi connectivity index (χ3v) is 4.50. The number of nitro benzene ring substituents is 1. The lowest BCUT2D eigenvalue weighted by molar-refractivity contribution is -0.385. The molecular formula is C17H14Cl2N2O4. The van der Waals surface area contributed by atoms with Crippen molar-refractivity contribution in [1.82, 2.24) is 4.90 Å². The van der Waals surface area contributed by atoms with Crippen LogP contribution >= 0.6 is 23.2 Å². The van der Waals surface area contributed by atoms with Crippen molar-refractivity contribution in [2.75, 3.05) is 19.0 Å². The molecule has 1 atom stereocenters. The molecule has 0 saturated carbocycles. The number of amides is 1. The van der Waals surface area contributed by atoms with Crippen LogP contribution in [0.5, 0.6) is 5.75 Å². The van der Waals surface area contributed by atoms with Gasteiger partial charge in [-0.2, -0.15) is 0 Å². The molecule has 0 saturated heterocycles. The molecule has 130 valence electrons. The van der Waals surface area contributed by atoms with E-state index in [1.54, 1.807) is 35.2 Å². The number of halogens is 2. The second-order valence-electron chi connectivity index (χ2n) is 5.50. The molecule has 0 N–H and O–H groups in total. The number of non-ortho nitro benzene ring substituents is 1. The van der Waals surface area contributed by atoms with Crippen molar-refractivity contribution in [3.63, 3.8) is 0 Å². The van der Waals surface area contributed by atoms with Crippen LogP contribution in [0.3, 0.4) is 0 Å². The van der Waals surface area contributed by atoms with Gasteiger partial charge in [0, 0.05) is 22.7 Å². The van der Waals surface area contributed by atoms with Crippen molar-refractivity contribution in [3.8, 4) is 5.75 Å². The Morgan fingerprint density at radius 3 is 2.64 bits per heavy atom. The minimum Gasteiger partial charge on any atom is -0.491 e. The standard InChI is InChI=1S/C17H14Cl2N2O4/c18-10-16(22)20-7-8-25-15-6-5-13(21(23)24)9-14(15)17(20)11-1-3-12(19)4-2-11/h1-6,9,17H,7-8,10H2. The monoisotopic (exact) mass is 380 g/mol. The highest BCUT2D eigenvalue weighted by molar-refractivity contribution is 6.30. The maximum Gasteiger partial charge on any atom is 0.270 e. The van der Waals surface area contributed by atoms with Crippen LogP contribution in [0.2, 0.25) is 5.02 Å². The van der Waals surface area contributed by atoms with Gasteiger partial charge in [0.1, 0.15) is 18.2 Å². The van der Waals surface area contributed by atoms with E-state index in [2.05, 4.69) is 0 Å². The number of ether oxygens (including phenoxy) is 1. The summed E-state index contributed by atoms with van der Waals surface area (Å²) in [6.45, 7) is 0.596. The van der Waals surface area contributed by atoms with Gasteiger partial charge in [0.2, 0.25) is 5.91 Å². The molecule has 0 spiro atoms. The molecule has 1 aliphatic rings. The third kappa shape index (κ3) is 3.55. The fourth-order valence-corrected chi connectivity index (χ4v) is 3.18. The summed E-state index contributed by atoms with van der Waals surface area (Å²) in [6.07, 6.45) is 0. The van der Waals surface area contributed by atoms with Crippen LogP contribution in [0, 0.1) is 10.1 Å². The lowest BCUT2D eigenvalue weighted by Crippen LogP contribution is -2.37. The summed E-state index contributed by atoms with van der Waals surface area (Å²) in [6, 6.07) is 10.8. The number of benzene rings is 2. The molecule has 1 aliphatic heterocycles. The van der Waals surface area contributed by atoms with Crippen LogP contribution in [-0.2, 0) is 4.79 Å². The van der Waals surface area contributed by atoms with Gasteiger partial charge in [0.05, 0.1) is 17.5 Å². The molecule has 2 aromatic carbocycles. The van der Waals surface area contributed by atoms with E-state index in [1.807, 2.05) is 0 Å². The van der Waals surface area contributed by atoms with Gasteiger partial charge in [0.15, 0.2) is 0 Å². The SMILES string of the molecule is O=C(CCl)N1CCOc2ccc([N+](=O)[O-])cc2C1c1ccc(Cl)cc1. The Balaban J connectivity index is 2.18. The summed E-state index contributed by atoms with van der Waals surface area (Å²) >= 11 is 11.7. The van der Waals surface area contributed by atoms with Gasteiger partial charge < -0.3 is 9.64 Å². The Morgan fingerprint density at radius 2 is 2.00 bits per heavy atom. The number of nitrogens with zero attached hydrogens (tertiary/aromatic N) is 2. The minimum absolute atomic E-state index is 0.0681. The maximum absolute atomic E-state index is 12.4. The molecule has 0 bridgehead atoms. The van der Waals surface area contributed by atoms with E-state index in [-0.39, 0.29) is 24.1 Å². The first-order valence-corrected chi connectivity index (χ1v) is 8.44. The summed E-state index contributed by atoms with van der Waals surface area (Å²) < 4.78 is 5.70. The average molecular weight is 381 g/mol. The Hall–Kier alpha value is -2.31. The number of fused-ring (bicyclic) bond motifs is 1. The highest BCUT2D eigenvalue weighted by atomic mass is 35.5. The Bertz CT molecular complexity index is 811. The zero-order valence-corrected chi connectivity index (χ0v) is 14.5. The Morgan fingerprint density at radius 1 is 1.28 bits per heavy atom. The van der Waals surface area contributed by atoms with Gasteiger partial charge in [-0.3, -0.25) is 14.9 Å². The number of hydrogen-bond acceptors (Lipinski definition) is 4. The summed E-state index contributed by atoms with van der Waals surface area (Å²) in [5.74, 6) is 0.0499. The van der Waals surface area contributed by atoms with Crippen LogP contribution in [-0.4, -0.2) is 34.8 Å². The second kappa shape index (κ2) is 7.29. The van der Waals surface area contributed by atoms with E-state index in [0.717, 1.165) is 5.56 Å². The highest BCUT2D eigenvalue weighted by Crippen LogP contribution is 2.39. The Labute approximate surface area is 154 Å². The van der Waals surface area contributed by atoms with Crippen molar-refractivity contribution < 1.29 is 14.5 Å². The van der Waals surface area contributed by atoms with Crippen LogP contribution in [0.15, 0.2) is 42.5 Å². The first-order chi connectivity index (χ1) is 12.0. The number of carbonyl (C=O) groups is 1. The topological polar surface area (TPSA) is 72.7 Å². The number of carbonyl (C=O) groups excluding carboxylic acids is 1. The lowest BCUT2D eigenvalue weighted by atomic mass is 9.96. The first kappa shape index (κ1) is 17.5. The number of nitro groups is 1. The number of hydrogen-bond donors (Lipinski definition) is 0. The summed E-state index contributed by atoms with van der Waals surface area (Å²) in [5, 5.41) is 11.7. The van der Waals surface area contributed by atoms with E-state index in [1.165, 1.54) is 12.1 Å². The third-order valence-electron chi connectivity index (χ3n) is 4.02. The molecule has 1 heterocycles. The van der Waals surface area contributed by atoms with E-state index >= 15 is 0 Å². The highest BCUT2D eigenvalue weighted by Gasteiger charge is 2.32. The second-order valence-corrected chi connectivity index (χ2v) is 6.21. The van der Waals surface area contributed by atoms with E-state index in [9.17, 15) is 14.9 Å². The molecule has 1 amide bonds. The van der Waals surface area contributed by atoms with Gasteiger partial charge in [-0.1, -0.05) is 23.7 Å². The maximum atomic E-state index is 12.4.